The summed E-state index contributed by atoms with van der Waals surface area (Å²) in [5, 5.41) is 3.35. The Morgan fingerprint density at radius 1 is 1.13 bits per heavy atom. The zero-order valence-electron chi connectivity index (χ0n) is 21.4. The molecule has 0 bridgehead atoms. The Morgan fingerprint density at radius 3 is 2.58 bits per heavy atom. The lowest BCUT2D eigenvalue weighted by molar-refractivity contribution is 0.0224. The highest BCUT2D eigenvalue weighted by Gasteiger charge is 2.29. The highest BCUT2D eigenvalue weighted by atomic mass is 79.9. The molecule has 4 rings (SSSR count). The minimum absolute atomic E-state index is 0.134. The number of fused-ring (bicyclic) bond motifs is 1. The molecule has 0 aromatic heterocycles. The maximum absolute atomic E-state index is 14.7. The second kappa shape index (κ2) is 11.7. The Bertz CT molecular complexity index is 1320. The summed E-state index contributed by atoms with van der Waals surface area (Å²) in [7, 11) is 0. The van der Waals surface area contributed by atoms with Crippen LogP contribution in [0.4, 0.5) is 9.18 Å². The highest BCUT2D eigenvalue weighted by molar-refractivity contribution is 9.10. The van der Waals surface area contributed by atoms with E-state index in [0.29, 0.717) is 29.0 Å². The van der Waals surface area contributed by atoms with Crippen LogP contribution in [0.1, 0.15) is 53.9 Å². The molecule has 0 radical (unpaired) electrons. The first-order valence-corrected chi connectivity index (χ1v) is 13.4. The van der Waals surface area contributed by atoms with Gasteiger partial charge < -0.3 is 19.7 Å². The monoisotopic (exact) mass is 602 g/mol. The first kappa shape index (κ1) is 27.9. The third-order valence-electron chi connectivity index (χ3n) is 6.05. The molecule has 200 valence electrons. The summed E-state index contributed by atoms with van der Waals surface area (Å²) in [6.45, 7) is 6.13. The topological polar surface area (TPSA) is 67.9 Å². The van der Waals surface area contributed by atoms with Crippen LogP contribution >= 0.6 is 27.5 Å². The molecule has 38 heavy (non-hydrogen) atoms. The molecule has 9 heteroatoms. The first-order valence-electron chi connectivity index (χ1n) is 12.2. The summed E-state index contributed by atoms with van der Waals surface area (Å²) < 4.78 is 26.9. The molecule has 3 aromatic carbocycles. The van der Waals surface area contributed by atoms with Gasteiger partial charge in [0.05, 0.1) is 19.1 Å². The SMILES string of the molecule is CC(C)(C)OC(=O)N1CCOc2cccc(C(=O)NC(Cc3c(F)cccc3Cl)c3ccccc3Br)c2C1. The fourth-order valence-electron chi connectivity index (χ4n) is 4.26. The molecular weight excluding hydrogens is 575 g/mol. The van der Waals surface area contributed by atoms with E-state index >= 15 is 0 Å². The van der Waals surface area contributed by atoms with E-state index in [9.17, 15) is 14.0 Å². The number of amides is 2. The Balaban J connectivity index is 1.66. The van der Waals surface area contributed by atoms with Crippen LogP contribution in [0.2, 0.25) is 5.02 Å². The number of nitrogens with zero attached hydrogens (tertiary/aromatic N) is 1. The molecule has 1 N–H and O–H groups in total. The average Bonchev–Trinajstić information content (AvgIpc) is 3.08. The second-order valence-corrected chi connectivity index (χ2v) is 11.2. The van der Waals surface area contributed by atoms with Gasteiger partial charge in [-0.05, 0) is 56.7 Å². The quantitative estimate of drug-likeness (QED) is 0.338. The summed E-state index contributed by atoms with van der Waals surface area (Å²) in [6, 6.07) is 16.5. The number of hydrogen-bond acceptors (Lipinski definition) is 4. The van der Waals surface area contributed by atoms with Crippen molar-refractivity contribution in [2.45, 2.75) is 45.4 Å². The molecule has 1 heterocycles. The van der Waals surface area contributed by atoms with Crippen molar-refractivity contribution in [2.75, 3.05) is 13.2 Å². The third-order valence-corrected chi connectivity index (χ3v) is 7.13. The highest BCUT2D eigenvalue weighted by Crippen LogP contribution is 2.32. The van der Waals surface area contributed by atoms with Crippen molar-refractivity contribution in [1.82, 2.24) is 10.2 Å². The molecular formula is C29H29BrClFN2O4. The van der Waals surface area contributed by atoms with Crippen LogP contribution < -0.4 is 10.1 Å². The van der Waals surface area contributed by atoms with E-state index in [1.54, 1.807) is 51.1 Å². The number of hydrogen-bond donors (Lipinski definition) is 1. The van der Waals surface area contributed by atoms with Gasteiger partial charge in [0.2, 0.25) is 0 Å². The van der Waals surface area contributed by atoms with E-state index in [1.807, 2.05) is 24.3 Å². The largest absolute Gasteiger partial charge is 0.491 e. The first-order chi connectivity index (χ1) is 18.0. The predicted octanol–water partition coefficient (Wildman–Crippen LogP) is 7.08. The van der Waals surface area contributed by atoms with Gasteiger partial charge in [-0.15, -0.1) is 0 Å². The van der Waals surface area contributed by atoms with Crippen molar-refractivity contribution in [3.63, 3.8) is 0 Å². The Kier molecular flexibility index (Phi) is 8.63. The van der Waals surface area contributed by atoms with Gasteiger partial charge in [0, 0.05) is 32.6 Å². The standard InChI is InChI=1S/C29H29BrClFN2O4/c1-29(2,3)38-28(36)34-14-15-37-26-13-6-9-18(21(26)17-34)27(35)33-25(19-8-4-5-10-22(19)30)16-20-23(31)11-7-12-24(20)32/h4-13,25H,14-17H2,1-3H3,(H,33,35). The lowest BCUT2D eigenvalue weighted by Gasteiger charge is -2.26. The molecule has 2 amide bonds. The number of benzene rings is 3. The fraction of sp³-hybridized carbons (Fsp3) is 0.310. The van der Waals surface area contributed by atoms with Crippen LogP contribution in [0.25, 0.3) is 0 Å². The molecule has 1 aliphatic rings. The van der Waals surface area contributed by atoms with E-state index < -0.39 is 23.6 Å². The Morgan fingerprint density at radius 2 is 1.87 bits per heavy atom. The van der Waals surface area contributed by atoms with Crippen molar-refractivity contribution in [2.24, 2.45) is 0 Å². The normalized spacial score (nSPS) is 14.1. The van der Waals surface area contributed by atoms with Gasteiger partial charge in [0.15, 0.2) is 0 Å². The summed E-state index contributed by atoms with van der Waals surface area (Å²) >= 11 is 9.88. The molecule has 0 aliphatic carbocycles. The maximum Gasteiger partial charge on any atom is 0.410 e. The summed E-state index contributed by atoms with van der Waals surface area (Å²) in [5.74, 6) is -0.304. The van der Waals surface area contributed by atoms with Gasteiger partial charge in [0.25, 0.3) is 5.91 Å². The van der Waals surface area contributed by atoms with Gasteiger partial charge in [0.1, 0.15) is 23.8 Å². The van der Waals surface area contributed by atoms with Crippen LogP contribution in [0.15, 0.2) is 65.1 Å². The minimum Gasteiger partial charge on any atom is -0.491 e. The van der Waals surface area contributed by atoms with Gasteiger partial charge in [-0.25, -0.2) is 9.18 Å². The zero-order valence-corrected chi connectivity index (χ0v) is 23.7. The van der Waals surface area contributed by atoms with Crippen LogP contribution in [-0.2, 0) is 17.7 Å². The van der Waals surface area contributed by atoms with Gasteiger partial charge in [-0.3, -0.25) is 4.79 Å². The lowest BCUT2D eigenvalue weighted by atomic mass is 9.97. The molecule has 1 aliphatic heterocycles. The van der Waals surface area contributed by atoms with Gasteiger partial charge >= 0.3 is 6.09 Å². The number of carbonyl (C=O) groups excluding carboxylic acids is 2. The molecule has 1 unspecified atom stereocenters. The fourth-order valence-corrected chi connectivity index (χ4v) is 5.06. The van der Waals surface area contributed by atoms with E-state index in [1.165, 1.54) is 11.0 Å². The lowest BCUT2D eigenvalue weighted by Crippen LogP contribution is -2.38. The van der Waals surface area contributed by atoms with Crippen molar-refractivity contribution < 1.29 is 23.5 Å². The van der Waals surface area contributed by atoms with E-state index in [2.05, 4.69) is 21.2 Å². The summed E-state index contributed by atoms with van der Waals surface area (Å²) in [6.07, 6.45) is -0.348. The van der Waals surface area contributed by atoms with Crippen LogP contribution in [0, 0.1) is 5.82 Å². The average molecular weight is 604 g/mol. The number of ether oxygens (including phenoxy) is 2. The zero-order chi connectivity index (χ0) is 27.4. The van der Waals surface area contributed by atoms with Crippen molar-refractivity contribution in [3.8, 4) is 5.75 Å². The van der Waals surface area contributed by atoms with Gasteiger partial charge in [-0.1, -0.05) is 57.9 Å². The molecule has 0 fully saturated rings. The van der Waals surface area contributed by atoms with Crippen LogP contribution in [0.5, 0.6) is 5.75 Å². The van der Waals surface area contributed by atoms with Crippen molar-refractivity contribution in [3.05, 3.63) is 98.2 Å². The molecule has 0 saturated heterocycles. The van der Waals surface area contributed by atoms with Gasteiger partial charge in [-0.2, -0.15) is 0 Å². The molecule has 0 saturated carbocycles. The Labute approximate surface area is 235 Å². The van der Waals surface area contributed by atoms with E-state index in [0.717, 1.165) is 10.0 Å². The number of rotatable bonds is 5. The molecule has 1 atom stereocenters. The predicted molar refractivity (Wildman–Crippen MR) is 148 cm³/mol. The molecule has 6 nitrogen and oxygen atoms in total. The molecule has 0 spiro atoms. The minimum atomic E-state index is -0.658. The smallest absolute Gasteiger partial charge is 0.410 e. The van der Waals surface area contributed by atoms with Crippen LogP contribution in [-0.4, -0.2) is 35.7 Å². The van der Waals surface area contributed by atoms with E-state index in [-0.39, 0.29) is 30.5 Å². The number of carbonyl (C=O) groups is 2. The van der Waals surface area contributed by atoms with Crippen molar-refractivity contribution in [1.29, 1.82) is 0 Å². The third kappa shape index (κ3) is 6.66. The molecule has 3 aromatic rings. The van der Waals surface area contributed by atoms with Crippen LogP contribution in [0.3, 0.4) is 0 Å². The summed E-state index contributed by atoms with van der Waals surface area (Å²) in [5.41, 5.74) is 1.35. The summed E-state index contributed by atoms with van der Waals surface area (Å²) in [4.78, 5) is 28.1. The van der Waals surface area contributed by atoms with E-state index in [4.69, 9.17) is 21.1 Å². The number of halogens is 3. The second-order valence-electron chi connectivity index (χ2n) is 9.98. The maximum atomic E-state index is 14.7. The number of nitrogens with one attached hydrogen (secondary N) is 1. The Hall–Kier alpha value is -3.10. The van der Waals surface area contributed by atoms with Crippen molar-refractivity contribution >= 4 is 39.5 Å².